The number of carbonyl (C=O) groups is 2. The van der Waals surface area contributed by atoms with E-state index in [0.717, 1.165) is 24.8 Å². The molecule has 3 rings (SSSR count). The zero-order chi connectivity index (χ0) is 19.4. The lowest BCUT2D eigenvalue weighted by molar-refractivity contribution is -0.145. The molecule has 0 bridgehead atoms. The maximum Gasteiger partial charge on any atom is 0.309 e. The molecular formula is C22H31NO4. The van der Waals surface area contributed by atoms with E-state index in [0.29, 0.717) is 38.5 Å². The van der Waals surface area contributed by atoms with Gasteiger partial charge in [-0.25, -0.2) is 0 Å². The van der Waals surface area contributed by atoms with Crippen LogP contribution in [0.5, 0.6) is 0 Å². The molecule has 1 amide bonds. The summed E-state index contributed by atoms with van der Waals surface area (Å²) < 4.78 is 5.71. The molecule has 2 fully saturated rings. The van der Waals surface area contributed by atoms with Gasteiger partial charge >= 0.3 is 5.97 Å². The molecule has 2 aliphatic heterocycles. The lowest BCUT2D eigenvalue weighted by Gasteiger charge is -2.35. The summed E-state index contributed by atoms with van der Waals surface area (Å²) in [6, 6.07) is 8.37. The van der Waals surface area contributed by atoms with Crippen LogP contribution < -0.4 is 0 Å². The van der Waals surface area contributed by atoms with Crippen LogP contribution >= 0.6 is 0 Å². The number of rotatable bonds is 6. The summed E-state index contributed by atoms with van der Waals surface area (Å²) in [5.74, 6) is -0.109. The molecule has 0 aliphatic carbocycles. The van der Waals surface area contributed by atoms with Crippen LogP contribution in [0, 0.1) is 17.8 Å². The number of piperidine rings is 1. The van der Waals surface area contributed by atoms with Crippen molar-refractivity contribution < 1.29 is 19.4 Å². The second-order valence-electron chi connectivity index (χ2n) is 8.38. The number of carboxylic acid groups (broad SMARTS) is 1. The predicted molar refractivity (Wildman–Crippen MR) is 103 cm³/mol. The number of ether oxygens (including phenoxy) is 1. The van der Waals surface area contributed by atoms with Crippen molar-refractivity contribution in [1.82, 2.24) is 4.90 Å². The molecule has 1 aromatic carbocycles. The highest BCUT2D eigenvalue weighted by Crippen LogP contribution is 2.33. The summed E-state index contributed by atoms with van der Waals surface area (Å²) in [4.78, 5) is 25.9. The molecular weight excluding hydrogens is 342 g/mol. The lowest BCUT2D eigenvalue weighted by atomic mass is 9.84. The highest BCUT2D eigenvalue weighted by atomic mass is 16.5. The van der Waals surface area contributed by atoms with Crippen LogP contribution in [0.25, 0.3) is 0 Å². The van der Waals surface area contributed by atoms with Gasteiger partial charge in [0.2, 0.25) is 5.91 Å². The zero-order valence-electron chi connectivity index (χ0n) is 16.4. The molecule has 2 aliphatic rings. The van der Waals surface area contributed by atoms with Crippen LogP contribution in [-0.2, 0) is 27.2 Å². The van der Waals surface area contributed by atoms with Gasteiger partial charge in [-0.2, -0.15) is 0 Å². The second kappa shape index (κ2) is 8.87. The van der Waals surface area contributed by atoms with E-state index >= 15 is 0 Å². The Labute approximate surface area is 161 Å². The maximum absolute atomic E-state index is 12.6. The SMILES string of the molecule is CC(C)Cc1ccc(CC(=O)N2CCC([C@@H]3OCCC3C(=O)O)CC2)cc1. The van der Waals surface area contributed by atoms with Crippen molar-refractivity contribution in [2.75, 3.05) is 19.7 Å². The number of benzene rings is 1. The first kappa shape index (κ1) is 19.9. The molecule has 1 N–H and O–H groups in total. The third-order valence-electron chi connectivity index (χ3n) is 5.83. The molecule has 0 radical (unpaired) electrons. The molecule has 2 atom stereocenters. The van der Waals surface area contributed by atoms with Crippen molar-refractivity contribution in [3.05, 3.63) is 35.4 Å². The monoisotopic (exact) mass is 373 g/mol. The van der Waals surface area contributed by atoms with Crippen molar-refractivity contribution in [1.29, 1.82) is 0 Å². The third-order valence-corrected chi connectivity index (χ3v) is 5.83. The van der Waals surface area contributed by atoms with Gasteiger partial charge in [0.15, 0.2) is 0 Å². The fourth-order valence-electron chi connectivity index (χ4n) is 4.37. The number of likely N-dealkylation sites (tertiary alicyclic amines) is 1. The normalized spacial score (nSPS) is 23.7. The Morgan fingerprint density at radius 3 is 2.33 bits per heavy atom. The number of amides is 1. The van der Waals surface area contributed by atoms with Crippen LogP contribution in [0.2, 0.25) is 0 Å². The van der Waals surface area contributed by atoms with E-state index in [1.165, 1.54) is 5.56 Å². The van der Waals surface area contributed by atoms with Gasteiger partial charge in [0, 0.05) is 19.7 Å². The molecule has 27 heavy (non-hydrogen) atoms. The van der Waals surface area contributed by atoms with Crippen LogP contribution in [-0.4, -0.2) is 47.7 Å². The minimum atomic E-state index is -0.753. The molecule has 0 aromatic heterocycles. The van der Waals surface area contributed by atoms with Gasteiger partial charge in [-0.3, -0.25) is 9.59 Å². The molecule has 2 heterocycles. The van der Waals surface area contributed by atoms with E-state index in [9.17, 15) is 14.7 Å². The molecule has 2 saturated heterocycles. The Morgan fingerprint density at radius 1 is 1.11 bits per heavy atom. The van der Waals surface area contributed by atoms with E-state index < -0.39 is 5.97 Å². The molecule has 5 nitrogen and oxygen atoms in total. The number of aliphatic carboxylic acids is 1. The Balaban J connectivity index is 1.49. The Bertz CT molecular complexity index is 647. The summed E-state index contributed by atoms with van der Waals surface area (Å²) in [6.45, 7) is 6.34. The molecule has 1 unspecified atom stereocenters. The summed E-state index contributed by atoms with van der Waals surface area (Å²) in [5, 5.41) is 9.34. The van der Waals surface area contributed by atoms with Crippen LogP contribution in [0.1, 0.15) is 44.2 Å². The zero-order valence-corrected chi connectivity index (χ0v) is 16.4. The second-order valence-corrected chi connectivity index (χ2v) is 8.38. The topological polar surface area (TPSA) is 66.8 Å². The van der Waals surface area contributed by atoms with Gasteiger partial charge in [-0.1, -0.05) is 38.1 Å². The largest absolute Gasteiger partial charge is 0.481 e. The van der Waals surface area contributed by atoms with Crippen molar-refractivity contribution >= 4 is 11.9 Å². The molecule has 148 valence electrons. The lowest BCUT2D eigenvalue weighted by Crippen LogP contribution is -2.43. The molecule has 0 saturated carbocycles. The van der Waals surface area contributed by atoms with Crippen LogP contribution in [0.15, 0.2) is 24.3 Å². The van der Waals surface area contributed by atoms with Gasteiger partial charge < -0.3 is 14.7 Å². The standard InChI is InChI=1S/C22H31NO4/c1-15(2)13-16-3-5-17(6-4-16)14-20(24)23-10-7-18(8-11-23)21-19(22(25)26)9-12-27-21/h3-6,15,18-19,21H,7-14H2,1-2H3,(H,25,26)/t19?,21-/m0/s1. The van der Waals surface area contributed by atoms with Gasteiger partial charge in [-0.15, -0.1) is 0 Å². The first-order valence-electron chi connectivity index (χ1n) is 10.1. The number of carboxylic acids is 1. The average Bonchev–Trinajstić information content (AvgIpc) is 3.13. The fourth-order valence-corrected chi connectivity index (χ4v) is 4.37. The Morgan fingerprint density at radius 2 is 1.74 bits per heavy atom. The fraction of sp³-hybridized carbons (Fsp3) is 0.636. The summed E-state index contributed by atoms with van der Waals surface area (Å²) in [6.07, 6.45) is 3.56. The quantitative estimate of drug-likeness (QED) is 0.832. The number of carbonyl (C=O) groups excluding carboxylic acids is 1. The van der Waals surface area contributed by atoms with Crippen molar-refractivity contribution in [3.8, 4) is 0 Å². The first-order chi connectivity index (χ1) is 12.9. The number of hydrogen-bond acceptors (Lipinski definition) is 3. The Hall–Kier alpha value is -1.88. The average molecular weight is 373 g/mol. The summed E-state index contributed by atoms with van der Waals surface area (Å²) >= 11 is 0. The van der Waals surface area contributed by atoms with Gasteiger partial charge in [0.25, 0.3) is 0 Å². The molecule has 0 spiro atoms. The highest BCUT2D eigenvalue weighted by Gasteiger charge is 2.40. The van der Waals surface area contributed by atoms with E-state index in [4.69, 9.17) is 4.74 Å². The predicted octanol–water partition coefficient (Wildman–Crippen LogP) is 3.16. The summed E-state index contributed by atoms with van der Waals surface area (Å²) in [7, 11) is 0. The molecule has 1 aromatic rings. The smallest absolute Gasteiger partial charge is 0.309 e. The van der Waals surface area contributed by atoms with Crippen molar-refractivity contribution in [2.24, 2.45) is 17.8 Å². The van der Waals surface area contributed by atoms with E-state index in [-0.39, 0.29) is 23.8 Å². The van der Waals surface area contributed by atoms with Gasteiger partial charge in [0.05, 0.1) is 18.4 Å². The van der Waals surface area contributed by atoms with Crippen LogP contribution in [0.3, 0.4) is 0 Å². The van der Waals surface area contributed by atoms with E-state index in [1.54, 1.807) is 0 Å². The van der Waals surface area contributed by atoms with E-state index in [1.807, 2.05) is 4.90 Å². The Kier molecular flexibility index (Phi) is 6.53. The van der Waals surface area contributed by atoms with Crippen molar-refractivity contribution in [2.45, 2.75) is 52.1 Å². The third kappa shape index (κ3) is 5.10. The van der Waals surface area contributed by atoms with Crippen molar-refractivity contribution in [3.63, 3.8) is 0 Å². The van der Waals surface area contributed by atoms with Gasteiger partial charge in [-0.05, 0) is 48.6 Å². The summed E-state index contributed by atoms with van der Waals surface area (Å²) in [5.41, 5.74) is 2.37. The van der Waals surface area contributed by atoms with Gasteiger partial charge in [0.1, 0.15) is 0 Å². The number of nitrogens with zero attached hydrogens (tertiary/aromatic N) is 1. The number of hydrogen-bond donors (Lipinski definition) is 1. The minimum absolute atomic E-state index is 0.159. The first-order valence-corrected chi connectivity index (χ1v) is 10.1. The van der Waals surface area contributed by atoms with E-state index in [2.05, 4.69) is 38.1 Å². The van der Waals surface area contributed by atoms with Crippen LogP contribution in [0.4, 0.5) is 0 Å². The highest BCUT2D eigenvalue weighted by molar-refractivity contribution is 5.79. The minimum Gasteiger partial charge on any atom is -0.481 e. The molecule has 5 heteroatoms. The maximum atomic E-state index is 12.6.